The van der Waals surface area contributed by atoms with Crippen LogP contribution in [-0.4, -0.2) is 16.8 Å². The summed E-state index contributed by atoms with van der Waals surface area (Å²) in [6.45, 7) is 1.73. The minimum Gasteiger partial charge on any atom is -0.321 e. The van der Waals surface area contributed by atoms with Crippen LogP contribution in [0.25, 0.3) is 0 Å². The topological polar surface area (TPSA) is 71.1 Å². The summed E-state index contributed by atoms with van der Waals surface area (Å²) in [4.78, 5) is 29.3. The van der Waals surface area contributed by atoms with Gasteiger partial charge in [-0.2, -0.15) is 0 Å². The van der Waals surface area contributed by atoms with Gasteiger partial charge in [-0.15, -0.1) is 0 Å². The molecular formula is C18H14ClN3O2S. The van der Waals surface area contributed by atoms with E-state index in [0.29, 0.717) is 32.0 Å². The van der Waals surface area contributed by atoms with Crippen LogP contribution in [0.5, 0.6) is 0 Å². The number of aromatic nitrogens is 1. The fraction of sp³-hybridized carbons (Fsp3) is 0.0556. The fourth-order valence-corrected chi connectivity index (χ4v) is 3.22. The molecule has 0 fully saturated rings. The highest BCUT2D eigenvalue weighted by molar-refractivity contribution is 7.17. The lowest BCUT2D eigenvalue weighted by Crippen LogP contribution is -2.11. The minimum atomic E-state index is -0.328. The van der Waals surface area contributed by atoms with Gasteiger partial charge in [-0.05, 0) is 37.3 Å². The maximum atomic E-state index is 12.4. The molecule has 0 aliphatic carbocycles. The third-order valence-electron chi connectivity index (χ3n) is 3.34. The molecule has 1 heterocycles. The molecule has 0 aliphatic rings. The first-order valence-electron chi connectivity index (χ1n) is 7.43. The second-order valence-corrected chi connectivity index (χ2v) is 6.65. The number of carbonyl (C=O) groups is 2. The lowest BCUT2D eigenvalue weighted by Gasteiger charge is -2.03. The molecular weight excluding hydrogens is 358 g/mol. The molecule has 0 saturated heterocycles. The van der Waals surface area contributed by atoms with Crippen molar-refractivity contribution in [3.63, 3.8) is 0 Å². The zero-order valence-corrected chi connectivity index (χ0v) is 14.8. The van der Waals surface area contributed by atoms with Crippen LogP contribution in [0.2, 0.25) is 5.02 Å². The van der Waals surface area contributed by atoms with Gasteiger partial charge in [-0.1, -0.05) is 47.2 Å². The van der Waals surface area contributed by atoms with Crippen molar-refractivity contribution in [2.24, 2.45) is 0 Å². The van der Waals surface area contributed by atoms with E-state index in [9.17, 15) is 9.59 Å². The predicted octanol–water partition coefficient (Wildman–Crippen LogP) is 4.61. The molecule has 0 unspecified atom stereocenters. The molecule has 2 N–H and O–H groups in total. The van der Waals surface area contributed by atoms with Gasteiger partial charge in [0, 0.05) is 16.3 Å². The lowest BCUT2D eigenvalue weighted by atomic mass is 10.2. The third-order valence-corrected chi connectivity index (χ3v) is 4.65. The summed E-state index contributed by atoms with van der Waals surface area (Å²) in [5.74, 6) is -0.587. The normalized spacial score (nSPS) is 10.3. The van der Waals surface area contributed by atoms with Crippen LogP contribution in [-0.2, 0) is 0 Å². The molecule has 3 aromatic rings. The summed E-state index contributed by atoms with van der Waals surface area (Å²) in [6, 6.07) is 15.8. The number of nitrogens with zero attached hydrogens (tertiary/aromatic N) is 1. The van der Waals surface area contributed by atoms with Gasteiger partial charge in [0.1, 0.15) is 4.88 Å². The number of anilines is 2. The molecule has 25 heavy (non-hydrogen) atoms. The first-order chi connectivity index (χ1) is 12.0. The highest BCUT2D eigenvalue weighted by Crippen LogP contribution is 2.24. The molecule has 0 aliphatic heterocycles. The summed E-state index contributed by atoms with van der Waals surface area (Å²) in [7, 11) is 0. The van der Waals surface area contributed by atoms with E-state index in [-0.39, 0.29) is 11.8 Å². The summed E-state index contributed by atoms with van der Waals surface area (Å²) >= 11 is 7.02. The second kappa shape index (κ2) is 7.46. The van der Waals surface area contributed by atoms with Crippen LogP contribution in [0.15, 0.2) is 54.6 Å². The zero-order valence-electron chi connectivity index (χ0n) is 13.2. The summed E-state index contributed by atoms with van der Waals surface area (Å²) in [5.41, 5.74) is 1.68. The SMILES string of the molecule is Cc1nc(NC(=O)c2cccc(Cl)c2)sc1C(=O)Nc1ccccc1. The minimum absolute atomic E-state index is 0.260. The first-order valence-corrected chi connectivity index (χ1v) is 8.63. The van der Waals surface area contributed by atoms with Crippen molar-refractivity contribution < 1.29 is 9.59 Å². The number of hydrogen-bond acceptors (Lipinski definition) is 4. The highest BCUT2D eigenvalue weighted by atomic mass is 35.5. The molecule has 0 radical (unpaired) electrons. The molecule has 0 atom stereocenters. The van der Waals surface area contributed by atoms with E-state index in [4.69, 9.17) is 11.6 Å². The Bertz CT molecular complexity index is 925. The van der Waals surface area contributed by atoms with Gasteiger partial charge in [-0.25, -0.2) is 4.98 Å². The van der Waals surface area contributed by atoms with Crippen molar-refractivity contribution in [1.29, 1.82) is 0 Å². The van der Waals surface area contributed by atoms with E-state index in [1.54, 1.807) is 43.3 Å². The van der Waals surface area contributed by atoms with Gasteiger partial charge in [-0.3, -0.25) is 14.9 Å². The maximum absolute atomic E-state index is 12.4. The number of nitrogens with one attached hydrogen (secondary N) is 2. The van der Waals surface area contributed by atoms with Crippen molar-refractivity contribution in [2.45, 2.75) is 6.92 Å². The number of benzene rings is 2. The van der Waals surface area contributed by atoms with Crippen LogP contribution in [0.1, 0.15) is 25.7 Å². The van der Waals surface area contributed by atoms with E-state index in [2.05, 4.69) is 15.6 Å². The van der Waals surface area contributed by atoms with Gasteiger partial charge < -0.3 is 5.32 Å². The van der Waals surface area contributed by atoms with Crippen LogP contribution >= 0.6 is 22.9 Å². The van der Waals surface area contributed by atoms with E-state index in [1.165, 1.54) is 0 Å². The Morgan fingerprint density at radius 2 is 1.76 bits per heavy atom. The van der Waals surface area contributed by atoms with E-state index >= 15 is 0 Å². The number of amides is 2. The Morgan fingerprint density at radius 1 is 1.00 bits per heavy atom. The van der Waals surface area contributed by atoms with Gasteiger partial charge in [0.25, 0.3) is 11.8 Å². The van der Waals surface area contributed by atoms with Gasteiger partial charge >= 0.3 is 0 Å². The molecule has 2 aromatic carbocycles. The molecule has 0 saturated carbocycles. The van der Waals surface area contributed by atoms with Gasteiger partial charge in [0.05, 0.1) is 5.69 Å². The number of aryl methyl sites for hydroxylation is 1. The second-order valence-electron chi connectivity index (χ2n) is 5.22. The van der Waals surface area contributed by atoms with Crippen LogP contribution in [0.4, 0.5) is 10.8 Å². The Labute approximate surface area is 153 Å². The number of para-hydroxylation sites is 1. The average molecular weight is 372 g/mol. The molecule has 1 aromatic heterocycles. The molecule has 2 amide bonds. The Kier molecular flexibility index (Phi) is 5.11. The third kappa shape index (κ3) is 4.23. The molecule has 5 nitrogen and oxygen atoms in total. The summed E-state index contributed by atoms with van der Waals surface area (Å²) in [6.07, 6.45) is 0. The number of halogens is 1. The highest BCUT2D eigenvalue weighted by Gasteiger charge is 2.17. The summed E-state index contributed by atoms with van der Waals surface area (Å²) in [5, 5.41) is 6.34. The Morgan fingerprint density at radius 3 is 2.48 bits per heavy atom. The average Bonchev–Trinajstić information content (AvgIpc) is 2.96. The van der Waals surface area contributed by atoms with Crippen LogP contribution in [0, 0.1) is 6.92 Å². The van der Waals surface area contributed by atoms with E-state index in [1.807, 2.05) is 18.2 Å². The number of hydrogen-bond donors (Lipinski definition) is 2. The number of thiazole rings is 1. The van der Waals surface area contributed by atoms with Crippen molar-refractivity contribution in [3.8, 4) is 0 Å². The smallest absolute Gasteiger partial charge is 0.267 e. The van der Waals surface area contributed by atoms with Crippen molar-refractivity contribution >= 4 is 45.6 Å². The maximum Gasteiger partial charge on any atom is 0.267 e. The zero-order chi connectivity index (χ0) is 17.8. The monoisotopic (exact) mass is 371 g/mol. The lowest BCUT2D eigenvalue weighted by molar-refractivity contribution is 0.102. The fourth-order valence-electron chi connectivity index (χ4n) is 2.17. The van der Waals surface area contributed by atoms with E-state index in [0.717, 1.165) is 11.3 Å². The van der Waals surface area contributed by atoms with E-state index < -0.39 is 0 Å². The van der Waals surface area contributed by atoms with Gasteiger partial charge in [0.2, 0.25) is 0 Å². The van der Waals surface area contributed by atoms with Crippen LogP contribution in [0.3, 0.4) is 0 Å². The molecule has 0 spiro atoms. The summed E-state index contributed by atoms with van der Waals surface area (Å²) < 4.78 is 0. The molecule has 0 bridgehead atoms. The Hall–Kier alpha value is -2.70. The molecule has 126 valence electrons. The van der Waals surface area contributed by atoms with Crippen molar-refractivity contribution in [2.75, 3.05) is 10.6 Å². The van der Waals surface area contributed by atoms with Crippen molar-refractivity contribution in [1.82, 2.24) is 4.98 Å². The molecule has 7 heteroatoms. The van der Waals surface area contributed by atoms with Gasteiger partial charge in [0.15, 0.2) is 5.13 Å². The predicted molar refractivity (Wildman–Crippen MR) is 101 cm³/mol. The quantitative estimate of drug-likeness (QED) is 0.703. The standard InChI is InChI=1S/C18H14ClN3O2S/c1-11-15(17(24)21-14-8-3-2-4-9-14)25-18(20-11)22-16(23)12-6-5-7-13(19)10-12/h2-10H,1H3,(H,21,24)(H,20,22,23). The number of rotatable bonds is 4. The molecule has 3 rings (SSSR count). The largest absolute Gasteiger partial charge is 0.321 e. The van der Waals surface area contributed by atoms with Crippen molar-refractivity contribution in [3.05, 3.63) is 75.8 Å². The first kappa shape index (κ1) is 17.1. The van der Waals surface area contributed by atoms with Crippen LogP contribution < -0.4 is 10.6 Å². The Balaban J connectivity index is 1.74. The number of carbonyl (C=O) groups excluding carboxylic acids is 2.